The second kappa shape index (κ2) is 57.6. The van der Waals surface area contributed by atoms with Crippen LogP contribution in [-0.2, 0) is 42.2 Å². The van der Waals surface area contributed by atoms with Crippen LogP contribution in [0.4, 0.5) is 0 Å². The molecular formula is C64H109O11P. The standard InChI is InChI=1S/C64H109O11P/c1-4-7-10-13-16-19-22-25-28-29-30-31-34-37-40-43-46-49-52-55-64(68)75-61(57-71-62(66)53-50-47-44-41-38-35-32-26-23-20-17-14-11-8-5-2)59-73-76(69,70)72-58-60(56-65)74-63(67)54-51-48-45-42-39-36-33-27-24-21-18-15-12-9-6-3/h8-9,11-12,17-18,20-21,26-27,32-33,38,41,47,50,60-61,65H,4-7,10,13-16,19,22-25,28-31,34-37,39-40,42-46,48-49,51-59H2,1-3H3,(H,69,70)/b11-8-,12-9-,20-17-,21-18-,32-26-,33-27-,41-38-,50-47-. The Balaban J connectivity index is 4.80. The first kappa shape index (κ1) is 72.4. The van der Waals surface area contributed by atoms with Crippen molar-refractivity contribution >= 4 is 25.7 Å². The lowest BCUT2D eigenvalue weighted by molar-refractivity contribution is -0.161. The van der Waals surface area contributed by atoms with E-state index in [1.807, 2.05) is 12.2 Å². The first-order valence-electron chi connectivity index (χ1n) is 30.1. The summed E-state index contributed by atoms with van der Waals surface area (Å²) in [5.74, 6) is -1.63. The number of hydrogen-bond acceptors (Lipinski definition) is 10. The zero-order valence-corrected chi connectivity index (χ0v) is 49.1. The smallest absolute Gasteiger partial charge is 0.461 e. The van der Waals surface area contributed by atoms with E-state index in [4.69, 9.17) is 23.3 Å². The zero-order valence-electron chi connectivity index (χ0n) is 48.2. The zero-order chi connectivity index (χ0) is 55.5. The molecule has 0 saturated carbocycles. The van der Waals surface area contributed by atoms with Gasteiger partial charge in [0.2, 0.25) is 0 Å². The Bertz CT molecular complexity index is 1640. The largest absolute Gasteiger partial charge is 0.472 e. The van der Waals surface area contributed by atoms with E-state index in [0.717, 1.165) is 96.3 Å². The number of ether oxygens (including phenoxy) is 3. The van der Waals surface area contributed by atoms with Gasteiger partial charge in [0.15, 0.2) is 6.10 Å². The molecule has 0 spiro atoms. The molecule has 12 heteroatoms. The van der Waals surface area contributed by atoms with Gasteiger partial charge < -0.3 is 24.2 Å². The highest BCUT2D eigenvalue weighted by atomic mass is 31.2. The van der Waals surface area contributed by atoms with Gasteiger partial charge in [0.25, 0.3) is 0 Å². The molecule has 3 atom stereocenters. The van der Waals surface area contributed by atoms with Crippen molar-refractivity contribution in [3.63, 3.8) is 0 Å². The first-order chi connectivity index (χ1) is 37.2. The maximum atomic E-state index is 12.9. The summed E-state index contributed by atoms with van der Waals surface area (Å²) in [4.78, 5) is 48.5. The molecule has 0 saturated heterocycles. The van der Waals surface area contributed by atoms with Crippen molar-refractivity contribution in [2.24, 2.45) is 0 Å². The summed E-state index contributed by atoms with van der Waals surface area (Å²) < 4.78 is 39.4. The highest BCUT2D eigenvalue weighted by molar-refractivity contribution is 7.47. The molecule has 436 valence electrons. The van der Waals surface area contributed by atoms with Gasteiger partial charge in [-0.3, -0.25) is 23.4 Å². The third kappa shape index (κ3) is 55.2. The van der Waals surface area contributed by atoms with E-state index in [9.17, 15) is 28.9 Å². The van der Waals surface area contributed by atoms with Crippen LogP contribution in [0.1, 0.15) is 252 Å². The first-order valence-corrected chi connectivity index (χ1v) is 31.6. The number of hydrogen-bond donors (Lipinski definition) is 2. The number of phosphoric acid groups is 1. The van der Waals surface area contributed by atoms with Crippen LogP contribution in [0.2, 0.25) is 0 Å². The number of esters is 3. The molecule has 0 aromatic carbocycles. The summed E-state index contributed by atoms with van der Waals surface area (Å²) in [7, 11) is -4.78. The fraction of sp³-hybridized carbons (Fsp3) is 0.703. The molecule has 0 heterocycles. The van der Waals surface area contributed by atoms with E-state index >= 15 is 0 Å². The van der Waals surface area contributed by atoms with Gasteiger partial charge in [-0.2, -0.15) is 0 Å². The Kier molecular flexibility index (Phi) is 54.8. The second-order valence-electron chi connectivity index (χ2n) is 19.8. The number of carbonyl (C=O) groups excluding carboxylic acids is 3. The summed E-state index contributed by atoms with van der Waals surface area (Å²) in [5.41, 5.74) is 0. The highest BCUT2D eigenvalue weighted by Crippen LogP contribution is 2.43. The summed E-state index contributed by atoms with van der Waals surface area (Å²) in [6.07, 6.45) is 68.3. The molecule has 0 fully saturated rings. The number of rotatable bonds is 55. The number of aliphatic hydroxyl groups excluding tert-OH is 1. The topological polar surface area (TPSA) is 155 Å². The normalized spacial score (nSPS) is 14.0. The predicted octanol–water partition coefficient (Wildman–Crippen LogP) is 18.0. The third-order valence-electron chi connectivity index (χ3n) is 12.5. The van der Waals surface area contributed by atoms with Crippen molar-refractivity contribution in [3.05, 3.63) is 97.2 Å². The highest BCUT2D eigenvalue weighted by Gasteiger charge is 2.28. The minimum atomic E-state index is -4.78. The van der Waals surface area contributed by atoms with E-state index in [1.54, 1.807) is 6.08 Å². The molecular weight excluding hydrogens is 976 g/mol. The van der Waals surface area contributed by atoms with Crippen molar-refractivity contribution in [3.8, 4) is 0 Å². The average molecular weight is 1090 g/mol. The van der Waals surface area contributed by atoms with E-state index < -0.39 is 64.4 Å². The molecule has 0 aromatic rings. The molecule has 0 bridgehead atoms. The van der Waals surface area contributed by atoms with Crippen LogP contribution in [0.15, 0.2) is 97.2 Å². The van der Waals surface area contributed by atoms with E-state index in [-0.39, 0.29) is 19.3 Å². The fourth-order valence-corrected chi connectivity index (χ4v) is 8.82. The van der Waals surface area contributed by atoms with Crippen LogP contribution in [-0.4, -0.2) is 66.5 Å². The molecule has 76 heavy (non-hydrogen) atoms. The van der Waals surface area contributed by atoms with Crippen LogP contribution in [0, 0.1) is 0 Å². The van der Waals surface area contributed by atoms with Crippen LogP contribution >= 0.6 is 7.82 Å². The molecule has 0 amide bonds. The molecule has 2 N–H and O–H groups in total. The van der Waals surface area contributed by atoms with E-state index in [0.29, 0.717) is 19.3 Å². The van der Waals surface area contributed by atoms with Gasteiger partial charge in [0, 0.05) is 12.8 Å². The van der Waals surface area contributed by atoms with Gasteiger partial charge in [-0.25, -0.2) is 4.57 Å². The van der Waals surface area contributed by atoms with Crippen molar-refractivity contribution in [1.82, 2.24) is 0 Å². The molecule has 0 aliphatic heterocycles. The van der Waals surface area contributed by atoms with Gasteiger partial charge in [0.05, 0.1) is 26.2 Å². The lowest BCUT2D eigenvalue weighted by Gasteiger charge is -2.21. The predicted molar refractivity (Wildman–Crippen MR) is 316 cm³/mol. The number of allylic oxidation sites excluding steroid dienone is 15. The second-order valence-corrected chi connectivity index (χ2v) is 21.2. The Hall–Kier alpha value is -3.60. The Morgan fingerprint density at radius 3 is 1.12 bits per heavy atom. The lowest BCUT2D eigenvalue weighted by Crippen LogP contribution is -2.30. The van der Waals surface area contributed by atoms with E-state index in [2.05, 4.69) is 99.8 Å². The molecule has 0 aliphatic rings. The Labute approximate surface area is 463 Å². The number of unbranched alkanes of at least 4 members (excludes halogenated alkanes) is 23. The minimum absolute atomic E-state index is 0.00842. The summed E-state index contributed by atoms with van der Waals surface area (Å²) >= 11 is 0. The SMILES string of the molecule is CC/C=C\C/C=C\C/C=C\C/C=C\C/C=C\CC(=O)OCC(COP(=O)(O)OCC(CO)OC(=O)CCCCCCC/C=C\C/C=C\C/C=C\CC)OC(=O)CCCCCCCCCCCCCCCCCCCCC. The third-order valence-corrected chi connectivity index (χ3v) is 13.5. The van der Waals surface area contributed by atoms with Crippen LogP contribution in [0.25, 0.3) is 0 Å². The summed E-state index contributed by atoms with van der Waals surface area (Å²) in [6.45, 7) is 4.31. The molecule has 0 aromatic heterocycles. The Morgan fingerprint density at radius 2 is 0.724 bits per heavy atom. The van der Waals surface area contributed by atoms with Gasteiger partial charge in [-0.15, -0.1) is 0 Å². The maximum absolute atomic E-state index is 12.9. The average Bonchev–Trinajstić information content (AvgIpc) is 3.41. The van der Waals surface area contributed by atoms with Crippen LogP contribution < -0.4 is 0 Å². The quantitative estimate of drug-likeness (QED) is 0.0197. The monoisotopic (exact) mass is 1080 g/mol. The molecule has 0 rings (SSSR count). The van der Waals surface area contributed by atoms with Crippen molar-refractivity contribution in [2.75, 3.05) is 26.4 Å². The molecule has 0 radical (unpaired) electrons. The summed E-state index contributed by atoms with van der Waals surface area (Å²) in [6, 6.07) is 0. The molecule has 3 unspecified atom stereocenters. The lowest BCUT2D eigenvalue weighted by atomic mass is 10.0. The van der Waals surface area contributed by atoms with Crippen LogP contribution in [0.5, 0.6) is 0 Å². The van der Waals surface area contributed by atoms with Gasteiger partial charge in [-0.1, -0.05) is 253 Å². The fourth-order valence-electron chi connectivity index (χ4n) is 8.03. The van der Waals surface area contributed by atoms with Crippen LogP contribution in [0.3, 0.4) is 0 Å². The van der Waals surface area contributed by atoms with Gasteiger partial charge in [-0.05, 0) is 77.0 Å². The van der Waals surface area contributed by atoms with Crippen molar-refractivity contribution in [2.45, 2.75) is 264 Å². The number of phosphoric ester groups is 1. The summed E-state index contributed by atoms with van der Waals surface area (Å²) in [5, 5.41) is 9.82. The minimum Gasteiger partial charge on any atom is -0.461 e. The van der Waals surface area contributed by atoms with Crippen molar-refractivity contribution < 1.29 is 52.2 Å². The van der Waals surface area contributed by atoms with Gasteiger partial charge in [0.1, 0.15) is 12.7 Å². The molecule has 11 nitrogen and oxygen atoms in total. The maximum Gasteiger partial charge on any atom is 0.472 e. The van der Waals surface area contributed by atoms with Crippen molar-refractivity contribution in [1.29, 1.82) is 0 Å². The molecule has 0 aliphatic carbocycles. The van der Waals surface area contributed by atoms with Gasteiger partial charge >= 0.3 is 25.7 Å². The van der Waals surface area contributed by atoms with E-state index in [1.165, 1.54) is 96.3 Å². The number of aliphatic hydroxyl groups is 1. The number of carbonyl (C=O) groups is 3. The Morgan fingerprint density at radius 1 is 0.395 bits per heavy atom.